The molecule has 0 aliphatic carbocycles. The average Bonchev–Trinajstić information content (AvgIpc) is 2.73. The molecule has 0 unspecified atom stereocenters. The Labute approximate surface area is 171 Å². The van der Waals surface area contributed by atoms with Crippen LogP contribution in [0.5, 0.6) is 11.5 Å². The predicted octanol–water partition coefficient (Wildman–Crippen LogP) is 1.89. The van der Waals surface area contributed by atoms with Crippen molar-refractivity contribution in [2.45, 2.75) is 4.90 Å². The number of sulfonamides is 1. The summed E-state index contributed by atoms with van der Waals surface area (Å²) in [5.41, 5.74) is 0.902. The molecular weight excluding hydrogens is 394 g/mol. The molecule has 1 saturated heterocycles. The number of hydrogen-bond donors (Lipinski definition) is 1. The van der Waals surface area contributed by atoms with Crippen molar-refractivity contribution in [1.82, 2.24) is 9.21 Å². The zero-order valence-corrected chi connectivity index (χ0v) is 17.5. The van der Waals surface area contributed by atoms with Crippen molar-refractivity contribution in [3.8, 4) is 11.5 Å². The lowest BCUT2D eigenvalue weighted by Gasteiger charge is -2.31. The van der Waals surface area contributed by atoms with Gasteiger partial charge in [0.1, 0.15) is 0 Å². The van der Waals surface area contributed by atoms with Crippen LogP contribution in [0.1, 0.15) is 10.4 Å². The summed E-state index contributed by atoms with van der Waals surface area (Å²) < 4.78 is 37.4. The predicted molar refractivity (Wildman–Crippen MR) is 110 cm³/mol. The summed E-state index contributed by atoms with van der Waals surface area (Å²) in [5.74, 6) is 0.650. The molecule has 9 heteroatoms. The van der Waals surface area contributed by atoms with Gasteiger partial charge in [0.25, 0.3) is 5.91 Å². The first-order chi connectivity index (χ1) is 13.8. The number of carbonyl (C=O) groups excluding carboxylic acids is 1. The number of amides is 1. The maximum Gasteiger partial charge on any atom is 0.255 e. The summed E-state index contributed by atoms with van der Waals surface area (Å²) in [6.45, 7) is 2.35. The Morgan fingerprint density at radius 2 is 1.55 bits per heavy atom. The fourth-order valence-electron chi connectivity index (χ4n) is 3.07. The SMILES string of the molecule is COc1ccc(C(=O)Nc2ccc(S(=O)(=O)N3CCN(C)CC3)cc2)cc1OC. The molecule has 0 atom stereocenters. The van der Waals surface area contributed by atoms with Gasteiger partial charge in [-0.05, 0) is 49.5 Å². The quantitative estimate of drug-likeness (QED) is 0.769. The zero-order valence-electron chi connectivity index (χ0n) is 16.7. The van der Waals surface area contributed by atoms with E-state index in [0.29, 0.717) is 48.9 Å². The van der Waals surface area contributed by atoms with Gasteiger partial charge >= 0.3 is 0 Å². The van der Waals surface area contributed by atoms with Crippen molar-refractivity contribution in [2.24, 2.45) is 0 Å². The third kappa shape index (κ3) is 4.69. The summed E-state index contributed by atoms with van der Waals surface area (Å²) >= 11 is 0. The molecule has 0 radical (unpaired) electrons. The van der Waals surface area contributed by atoms with Crippen molar-refractivity contribution in [3.63, 3.8) is 0 Å². The number of piperazine rings is 1. The van der Waals surface area contributed by atoms with E-state index >= 15 is 0 Å². The molecule has 1 N–H and O–H groups in total. The molecule has 0 aromatic heterocycles. The Hall–Kier alpha value is -2.62. The molecule has 1 aliphatic rings. The Morgan fingerprint density at radius 3 is 2.14 bits per heavy atom. The van der Waals surface area contributed by atoms with E-state index in [-0.39, 0.29) is 10.8 Å². The van der Waals surface area contributed by atoms with Crippen LogP contribution in [0.3, 0.4) is 0 Å². The first kappa shape index (κ1) is 21.1. The molecular formula is C20H25N3O5S. The molecule has 1 amide bonds. The van der Waals surface area contributed by atoms with Crippen LogP contribution in [0.2, 0.25) is 0 Å². The van der Waals surface area contributed by atoms with Gasteiger partial charge in [-0.15, -0.1) is 0 Å². The second-order valence-electron chi connectivity index (χ2n) is 6.76. The van der Waals surface area contributed by atoms with Gasteiger partial charge in [0.15, 0.2) is 11.5 Å². The molecule has 156 valence electrons. The first-order valence-electron chi connectivity index (χ1n) is 9.17. The summed E-state index contributed by atoms with van der Waals surface area (Å²) in [5, 5.41) is 2.76. The Balaban J connectivity index is 1.71. The third-order valence-electron chi connectivity index (χ3n) is 4.86. The topological polar surface area (TPSA) is 88.2 Å². The minimum absolute atomic E-state index is 0.214. The molecule has 1 fully saturated rings. The third-order valence-corrected chi connectivity index (χ3v) is 6.77. The van der Waals surface area contributed by atoms with E-state index < -0.39 is 10.0 Å². The minimum Gasteiger partial charge on any atom is -0.493 e. The normalized spacial score (nSPS) is 15.7. The second-order valence-corrected chi connectivity index (χ2v) is 8.69. The highest BCUT2D eigenvalue weighted by Crippen LogP contribution is 2.28. The van der Waals surface area contributed by atoms with E-state index in [1.54, 1.807) is 30.3 Å². The first-order valence-corrected chi connectivity index (χ1v) is 10.6. The number of carbonyl (C=O) groups is 1. The number of methoxy groups -OCH3 is 2. The van der Waals surface area contributed by atoms with Gasteiger partial charge in [0.05, 0.1) is 19.1 Å². The fourth-order valence-corrected chi connectivity index (χ4v) is 4.49. The van der Waals surface area contributed by atoms with Crippen LogP contribution < -0.4 is 14.8 Å². The van der Waals surface area contributed by atoms with Crippen LogP contribution in [0, 0.1) is 0 Å². The van der Waals surface area contributed by atoms with Crippen molar-refractivity contribution in [2.75, 3.05) is 52.8 Å². The maximum atomic E-state index is 12.8. The largest absolute Gasteiger partial charge is 0.493 e. The number of ether oxygens (including phenoxy) is 2. The van der Waals surface area contributed by atoms with Crippen LogP contribution in [-0.4, -0.2) is 71.0 Å². The summed E-state index contributed by atoms with van der Waals surface area (Å²) in [6, 6.07) is 11.1. The van der Waals surface area contributed by atoms with E-state index in [2.05, 4.69) is 10.2 Å². The van der Waals surface area contributed by atoms with E-state index in [0.717, 1.165) is 0 Å². The number of nitrogens with zero attached hydrogens (tertiary/aromatic N) is 2. The summed E-state index contributed by atoms with van der Waals surface area (Å²) in [6.07, 6.45) is 0. The molecule has 0 saturated carbocycles. The Bertz CT molecular complexity index is 968. The highest BCUT2D eigenvalue weighted by molar-refractivity contribution is 7.89. The van der Waals surface area contributed by atoms with E-state index in [1.165, 1.54) is 30.7 Å². The highest BCUT2D eigenvalue weighted by atomic mass is 32.2. The zero-order chi connectivity index (χ0) is 21.0. The average molecular weight is 420 g/mol. The fraction of sp³-hybridized carbons (Fsp3) is 0.350. The van der Waals surface area contributed by atoms with Gasteiger partial charge in [-0.2, -0.15) is 4.31 Å². The molecule has 2 aromatic rings. The van der Waals surface area contributed by atoms with Crippen LogP contribution in [0.4, 0.5) is 5.69 Å². The lowest BCUT2D eigenvalue weighted by Crippen LogP contribution is -2.46. The van der Waals surface area contributed by atoms with Crippen LogP contribution in [-0.2, 0) is 10.0 Å². The highest BCUT2D eigenvalue weighted by Gasteiger charge is 2.27. The lowest BCUT2D eigenvalue weighted by atomic mass is 10.2. The van der Waals surface area contributed by atoms with E-state index in [9.17, 15) is 13.2 Å². The van der Waals surface area contributed by atoms with Gasteiger partial charge < -0.3 is 19.7 Å². The molecule has 0 bridgehead atoms. The lowest BCUT2D eigenvalue weighted by molar-refractivity contribution is 0.102. The standard InChI is InChI=1S/C20H25N3O5S/c1-22-10-12-23(13-11-22)29(25,26)17-7-5-16(6-8-17)21-20(24)15-4-9-18(27-2)19(14-15)28-3/h4-9,14H,10-13H2,1-3H3,(H,21,24). The van der Waals surface area contributed by atoms with Gasteiger partial charge in [-0.1, -0.05) is 0 Å². The molecule has 3 rings (SSSR count). The molecule has 1 aliphatic heterocycles. The second kappa shape index (κ2) is 8.81. The number of nitrogens with one attached hydrogen (secondary N) is 1. The van der Waals surface area contributed by atoms with Crippen LogP contribution in [0.25, 0.3) is 0 Å². The smallest absolute Gasteiger partial charge is 0.255 e. The number of hydrogen-bond acceptors (Lipinski definition) is 6. The van der Waals surface area contributed by atoms with Crippen molar-refractivity contribution < 1.29 is 22.7 Å². The number of rotatable bonds is 6. The van der Waals surface area contributed by atoms with Gasteiger partial charge in [0, 0.05) is 37.4 Å². The molecule has 1 heterocycles. The molecule has 8 nitrogen and oxygen atoms in total. The Kier molecular flexibility index (Phi) is 6.41. The van der Waals surface area contributed by atoms with Crippen molar-refractivity contribution in [3.05, 3.63) is 48.0 Å². The molecule has 29 heavy (non-hydrogen) atoms. The molecule has 0 spiro atoms. The Morgan fingerprint density at radius 1 is 0.931 bits per heavy atom. The van der Waals surface area contributed by atoms with Crippen molar-refractivity contribution >= 4 is 21.6 Å². The maximum absolute atomic E-state index is 12.8. The number of likely N-dealkylation sites (N-methyl/N-ethyl adjacent to an activating group) is 1. The van der Waals surface area contributed by atoms with Gasteiger partial charge in [-0.25, -0.2) is 8.42 Å². The van der Waals surface area contributed by atoms with E-state index in [4.69, 9.17) is 9.47 Å². The number of anilines is 1. The van der Waals surface area contributed by atoms with Crippen LogP contribution >= 0.6 is 0 Å². The van der Waals surface area contributed by atoms with E-state index in [1.807, 2.05) is 7.05 Å². The van der Waals surface area contributed by atoms with Crippen LogP contribution in [0.15, 0.2) is 47.4 Å². The number of benzene rings is 2. The van der Waals surface area contributed by atoms with Crippen molar-refractivity contribution in [1.29, 1.82) is 0 Å². The van der Waals surface area contributed by atoms with Gasteiger partial charge in [-0.3, -0.25) is 4.79 Å². The minimum atomic E-state index is -3.54. The van der Waals surface area contributed by atoms with Gasteiger partial charge in [0.2, 0.25) is 10.0 Å². The molecule has 2 aromatic carbocycles. The summed E-state index contributed by atoms with van der Waals surface area (Å²) in [4.78, 5) is 14.8. The summed E-state index contributed by atoms with van der Waals surface area (Å²) in [7, 11) is 1.46. The monoisotopic (exact) mass is 419 g/mol.